The Morgan fingerprint density at radius 2 is 1.62 bits per heavy atom. The first-order chi connectivity index (χ1) is 14.1. The van der Waals surface area contributed by atoms with E-state index in [0.29, 0.717) is 23.5 Å². The van der Waals surface area contributed by atoms with Crippen LogP contribution in [0.25, 0.3) is 10.1 Å². The highest BCUT2D eigenvalue weighted by atomic mass is 32.1. The molecule has 1 aromatic heterocycles. The van der Waals surface area contributed by atoms with Gasteiger partial charge in [0.15, 0.2) is 0 Å². The van der Waals surface area contributed by atoms with Crippen LogP contribution in [0.15, 0.2) is 72.8 Å². The first kappa shape index (κ1) is 18.8. The average molecular weight is 401 g/mol. The second-order valence-electron chi connectivity index (χ2n) is 6.67. The molecule has 0 bridgehead atoms. The molecule has 1 heterocycles. The third-order valence-electron chi connectivity index (χ3n) is 4.70. The summed E-state index contributed by atoms with van der Waals surface area (Å²) in [5.41, 5.74) is 3.78. The summed E-state index contributed by atoms with van der Waals surface area (Å²) in [4.78, 5) is 24.9. The molecule has 29 heavy (non-hydrogen) atoms. The number of amides is 2. The molecule has 0 radical (unpaired) electrons. The van der Waals surface area contributed by atoms with Crippen molar-refractivity contribution in [1.29, 1.82) is 0 Å². The molecular weight excluding hydrogens is 382 g/mol. The number of fused-ring (bicyclic) bond motifs is 1. The largest absolute Gasteiger partial charge is 0.348 e. The fraction of sp³-hybridized carbons (Fsp3) is 0.0870. The molecule has 0 saturated heterocycles. The van der Waals surface area contributed by atoms with Crippen molar-refractivity contribution in [1.82, 2.24) is 9.69 Å². The Hall–Kier alpha value is -3.51. The van der Waals surface area contributed by atoms with Crippen molar-refractivity contribution in [3.8, 4) is 0 Å². The van der Waals surface area contributed by atoms with Gasteiger partial charge in [-0.2, -0.15) is 4.37 Å². The van der Waals surface area contributed by atoms with Gasteiger partial charge in [-0.15, -0.1) is 0 Å². The standard InChI is InChI=1S/C23H19N3O2S/c1-15-6-2-3-7-17(15)14-24-22(27)16-10-12-18(13-11-16)25-23(28)21-19-8-4-5-9-20(19)29-26-21/h2-13H,14H2,1H3,(H,24,27)(H,25,28). The summed E-state index contributed by atoms with van der Waals surface area (Å²) in [6, 6.07) is 22.4. The van der Waals surface area contributed by atoms with Crippen molar-refractivity contribution in [2.45, 2.75) is 13.5 Å². The summed E-state index contributed by atoms with van der Waals surface area (Å²) in [5, 5.41) is 6.60. The maximum Gasteiger partial charge on any atom is 0.276 e. The number of benzene rings is 3. The Bertz CT molecular complexity index is 1180. The lowest BCUT2D eigenvalue weighted by Gasteiger charge is -2.09. The predicted molar refractivity (Wildman–Crippen MR) is 116 cm³/mol. The number of nitrogens with zero attached hydrogens (tertiary/aromatic N) is 1. The van der Waals surface area contributed by atoms with Crippen molar-refractivity contribution in [2.24, 2.45) is 0 Å². The van der Waals surface area contributed by atoms with Gasteiger partial charge in [0, 0.05) is 23.2 Å². The molecule has 0 unspecified atom stereocenters. The van der Waals surface area contributed by atoms with Crippen molar-refractivity contribution < 1.29 is 9.59 Å². The highest BCUT2D eigenvalue weighted by Gasteiger charge is 2.14. The maximum absolute atomic E-state index is 12.6. The monoisotopic (exact) mass is 401 g/mol. The van der Waals surface area contributed by atoms with Crippen molar-refractivity contribution in [3.63, 3.8) is 0 Å². The normalized spacial score (nSPS) is 10.7. The van der Waals surface area contributed by atoms with Crippen LogP contribution in [0.3, 0.4) is 0 Å². The molecule has 2 amide bonds. The highest BCUT2D eigenvalue weighted by Crippen LogP contribution is 2.23. The lowest BCUT2D eigenvalue weighted by atomic mass is 10.1. The summed E-state index contributed by atoms with van der Waals surface area (Å²) in [6.45, 7) is 2.49. The Morgan fingerprint density at radius 3 is 2.41 bits per heavy atom. The molecular formula is C23H19N3O2S. The van der Waals surface area contributed by atoms with Gasteiger partial charge < -0.3 is 10.6 Å². The van der Waals surface area contributed by atoms with Crippen LogP contribution in [0.2, 0.25) is 0 Å². The zero-order valence-electron chi connectivity index (χ0n) is 15.8. The second kappa shape index (κ2) is 8.24. The zero-order chi connectivity index (χ0) is 20.2. The van der Waals surface area contributed by atoms with Crippen molar-refractivity contribution >= 4 is 39.1 Å². The quantitative estimate of drug-likeness (QED) is 0.505. The molecule has 4 rings (SSSR count). The van der Waals surface area contributed by atoms with Gasteiger partial charge in [0.25, 0.3) is 11.8 Å². The maximum atomic E-state index is 12.6. The van der Waals surface area contributed by atoms with Crippen LogP contribution in [0.4, 0.5) is 5.69 Å². The first-order valence-corrected chi connectivity index (χ1v) is 9.98. The molecule has 144 valence electrons. The lowest BCUT2D eigenvalue weighted by Crippen LogP contribution is -2.23. The molecule has 0 aliphatic heterocycles. The molecule has 0 aliphatic rings. The van der Waals surface area contributed by atoms with E-state index in [0.717, 1.165) is 21.2 Å². The zero-order valence-corrected chi connectivity index (χ0v) is 16.6. The number of carbonyl (C=O) groups excluding carboxylic acids is 2. The van der Waals surface area contributed by atoms with Crippen molar-refractivity contribution in [2.75, 3.05) is 5.32 Å². The van der Waals surface area contributed by atoms with Crippen LogP contribution in [-0.4, -0.2) is 16.2 Å². The van der Waals surface area contributed by atoms with Crippen LogP contribution in [0, 0.1) is 6.92 Å². The molecule has 0 spiro atoms. The number of hydrogen-bond acceptors (Lipinski definition) is 4. The topological polar surface area (TPSA) is 71.1 Å². The summed E-state index contributed by atoms with van der Waals surface area (Å²) in [5.74, 6) is -0.421. The van der Waals surface area contributed by atoms with Crippen LogP contribution < -0.4 is 10.6 Å². The van der Waals surface area contributed by atoms with E-state index in [1.54, 1.807) is 24.3 Å². The first-order valence-electron chi connectivity index (χ1n) is 9.20. The second-order valence-corrected chi connectivity index (χ2v) is 7.47. The number of anilines is 1. The number of nitrogens with one attached hydrogen (secondary N) is 2. The molecule has 6 heteroatoms. The number of aromatic nitrogens is 1. The van der Waals surface area contributed by atoms with Crippen LogP contribution in [-0.2, 0) is 6.54 Å². The van der Waals surface area contributed by atoms with Crippen LogP contribution >= 0.6 is 11.5 Å². The molecule has 2 N–H and O–H groups in total. The molecule has 0 fully saturated rings. The van der Waals surface area contributed by atoms with Gasteiger partial charge in [-0.25, -0.2) is 0 Å². The number of aryl methyl sites for hydroxylation is 1. The number of carbonyl (C=O) groups is 2. The molecule has 0 atom stereocenters. The van der Waals surface area contributed by atoms with Gasteiger partial charge in [0.05, 0.1) is 4.70 Å². The fourth-order valence-electron chi connectivity index (χ4n) is 3.03. The van der Waals surface area contributed by atoms with E-state index in [-0.39, 0.29) is 11.8 Å². The van der Waals surface area contributed by atoms with Crippen molar-refractivity contribution in [3.05, 3.63) is 95.2 Å². The van der Waals surface area contributed by atoms with E-state index < -0.39 is 0 Å². The van der Waals surface area contributed by atoms with E-state index in [1.807, 2.05) is 55.5 Å². The molecule has 0 aliphatic carbocycles. The third-order valence-corrected chi connectivity index (χ3v) is 5.52. The van der Waals surface area contributed by atoms with E-state index >= 15 is 0 Å². The van der Waals surface area contributed by atoms with Gasteiger partial charge in [-0.1, -0.05) is 42.5 Å². The molecule has 5 nitrogen and oxygen atoms in total. The summed E-state index contributed by atoms with van der Waals surface area (Å²) in [7, 11) is 0. The smallest absolute Gasteiger partial charge is 0.276 e. The minimum atomic E-state index is -0.265. The van der Waals surface area contributed by atoms with E-state index in [2.05, 4.69) is 15.0 Å². The number of rotatable bonds is 5. The molecule has 3 aromatic carbocycles. The Morgan fingerprint density at radius 1 is 0.897 bits per heavy atom. The molecule has 4 aromatic rings. The van der Waals surface area contributed by atoms with E-state index in [9.17, 15) is 9.59 Å². The Labute approximate surface area is 172 Å². The summed E-state index contributed by atoms with van der Waals surface area (Å²) in [6.07, 6.45) is 0. The van der Waals surface area contributed by atoms with Gasteiger partial charge in [0.2, 0.25) is 0 Å². The summed E-state index contributed by atoms with van der Waals surface area (Å²) >= 11 is 1.30. The predicted octanol–water partition coefficient (Wildman–Crippen LogP) is 4.79. The minimum absolute atomic E-state index is 0.156. The highest BCUT2D eigenvalue weighted by molar-refractivity contribution is 7.13. The van der Waals surface area contributed by atoms with Gasteiger partial charge in [0.1, 0.15) is 5.69 Å². The summed E-state index contributed by atoms with van der Waals surface area (Å²) < 4.78 is 5.23. The number of hydrogen-bond donors (Lipinski definition) is 2. The van der Waals surface area contributed by atoms with Gasteiger partial charge in [-0.05, 0) is 59.9 Å². The van der Waals surface area contributed by atoms with Crippen LogP contribution in [0.5, 0.6) is 0 Å². The van der Waals surface area contributed by atoms with E-state index in [4.69, 9.17) is 0 Å². The van der Waals surface area contributed by atoms with Gasteiger partial charge >= 0.3 is 0 Å². The Kier molecular flexibility index (Phi) is 5.35. The molecule has 0 saturated carbocycles. The minimum Gasteiger partial charge on any atom is -0.348 e. The lowest BCUT2D eigenvalue weighted by molar-refractivity contribution is 0.0950. The fourth-order valence-corrected chi connectivity index (χ4v) is 3.80. The van der Waals surface area contributed by atoms with Gasteiger partial charge in [-0.3, -0.25) is 9.59 Å². The van der Waals surface area contributed by atoms with Crippen LogP contribution in [0.1, 0.15) is 32.0 Å². The van der Waals surface area contributed by atoms with E-state index in [1.165, 1.54) is 11.5 Å². The third kappa shape index (κ3) is 4.17. The SMILES string of the molecule is Cc1ccccc1CNC(=O)c1ccc(NC(=O)c2nsc3ccccc23)cc1. The Balaban J connectivity index is 1.40. The average Bonchev–Trinajstić information content (AvgIpc) is 3.18.